The molecule has 0 radical (unpaired) electrons. The molecule has 0 atom stereocenters. The average molecular weight is 308 g/mol. The number of fused-ring (bicyclic) bond motifs is 2. The lowest BCUT2D eigenvalue weighted by Gasteiger charge is -2.02. The molecule has 1 amide bonds. The number of benzene rings is 2. The summed E-state index contributed by atoms with van der Waals surface area (Å²) >= 11 is 1.48. The van der Waals surface area contributed by atoms with Crippen LogP contribution < -0.4 is 5.32 Å². The number of amides is 1. The second-order valence-electron chi connectivity index (χ2n) is 5.08. The largest absolute Gasteiger partial charge is 0.298 e. The first-order chi connectivity index (χ1) is 10.7. The molecule has 0 fully saturated rings. The summed E-state index contributed by atoms with van der Waals surface area (Å²) in [6.45, 7) is 2.04. The molecular formula is C16H12N4OS. The molecule has 0 saturated heterocycles. The molecule has 0 aliphatic heterocycles. The van der Waals surface area contributed by atoms with E-state index < -0.39 is 0 Å². The van der Waals surface area contributed by atoms with Crippen molar-refractivity contribution in [2.24, 2.45) is 0 Å². The first kappa shape index (κ1) is 13.0. The first-order valence-electron chi connectivity index (χ1n) is 6.81. The average Bonchev–Trinajstić information content (AvgIpc) is 3.11. The minimum Gasteiger partial charge on any atom is -0.298 e. The van der Waals surface area contributed by atoms with Gasteiger partial charge in [0.2, 0.25) is 0 Å². The number of carbonyl (C=O) groups excluding carboxylic acids is 1. The van der Waals surface area contributed by atoms with Crippen molar-refractivity contribution in [1.29, 1.82) is 0 Å². The van der Waals surface area contributed by atoms with Gasteiger partial charge in [-0.3, -0.25) is 15.2 Å². The summed E-state index contributed by atoms with van der Waals surface area (Å²) in [6, 6.07) is 11.5. The van der Waals surface area contributed by atoms with Crippen molar-refractivity contribution in [2.45, 2.75) is 6.92 Å². The van der Waals surface area contributed by atoms with Crippen LogP contribution in [0.25, 0.3) is 21.1 Å². The van der Waals surface area contributed by atoms with Crippen LogP contribution >= 0.6 is 11.3 Å². The molecule has 0 saturated carbocycles. The molecule has 0 aliphatic rings. The highest BCUT2D eigenvalue weighted by molar-refractivity contribution is 7.22. The Morgan fingerprint density at radius 3 is 3.09 bits per heavy atom. The van der Waals surface area contributed by atoms with Crippen LogP contribution in [0.15, 0.2) is 42.6 Å². The summed E-state index contributed by atoms with van der Waals surface area (Å²) in [4.78, 5) is 16.9. The first-order valence-corrected chi connectivity index (χ1v) is 7.63. The van der Waals surface area contributed by atoms with Crippen LogP contribution in [0, 0.1) is 6.92 Å². The SMILES string of the molecule is Cc1ccc2nc(NC(=O)c3cccc4[nH]ncc34)sc2c1. The molecular weight excluding hydrogens is 296 g/mol. The van der Waals surface area contributed by atoms with Gasteiger partial charge in [0.25, 0.3) is 5.91 Å². The summed E-state index contributed by atoms with van der Waals surface area (Å²) in [5.41, 5.74) is 3.50. The van der Waals surface area contributed by atoms with Crippen LogP contribution in [0.2, 0.25) is 0 Å². The Labute approximate surface area is 130 Å². The summed E-state index contributed by atoms with van der Waals surface area (Å²) in [6.07, 6.45) is 1.66. The van der Waals surface area contributed by atoms with Crippen molar-refractivity contribution >= 4 is 43.5 Å². The van der Waals surface area contributed by atoms with Gasteiger partial charge in [0.05, 0.1) is 27.5 Å². The van der Waals surface area contributed by atoms with E-state index in [1.54, 1.807) is 12.3 Å². The summed E-state index contributed by atoms with van der Waals surface area (Å²) in [7, 11) is 0. The predicted octanol–water partition coefficient (Wildman–Crippen LogP) is 3.73. The second-order valence-corrected chi connectivity index (χ2v) is 6.11. The quantitative estimate of drug-likeness (QED) is 0.592. The standard InChI is InChI=1S/C16H12N4OS/c1-9-5-6-13-14(7-9)22-16(18-13)19-15(21)10-3-2-4-12-11(10)8-17-20-12/h2-8H,1H3,(H,17,20)(H,18,19,21). The van der Waals surface area contributed by atoms with E-state index in [0.29, 0.717) is 10.7 Å². The molecule has 2 aromatic heterocycles. The van der Waals surface area contributed by atoms with Crippen LogP contribution in [0.3, 0.4) is 0 Å². The van der Waals surface area contributed by atoms with Gasteiger partial charge in [0.1, 0.15) is 0 Å². The normalized spacial score (nSPS) is 11.1. The number of aromatic nitrogens is 3. The Balaban J connectivity index is 1.69. The van der Waals surface area contributed by atoms with E-state index in [9.17, 15) is 4.79 Å². The molecule has 0 aliphatic carbocycles. The molecule has 22 heavy (non-hydrogen) atoms. The van der Waals surface area contributed by atoms with Gasteiger partial charge >= 0.3 is 0 Å². The van der Waals surface area contributed by atoms with Gasteiger partial charge in [-0.1, -0.05) is 23.5 Å². The van der Waals surface area contributed by atoms with Crippen LogP contribution in [-0.2, 0) is 0 Å². The van der Waals surface area contributed by atoms with E-state index >= 15 is 0 Å². The van der Waals surface area contributed by atoms with Crippen molar-refractivity contribution in [1.82, 2.24) is 15.2 Å². The topological polar surface area (TPSA) is 70.7 Å². The Morgan fingerprint density at radius 2 is 2.18 bits per heavy atom. The van der Waals surface area contributed by atoms with E-state index in [4.69, 9.17) is 0 Å². The third-order valence-corrected chi connectivity index (χ3v) is 4.43. The molecule has 6 heteroatoms. The minimum absolute atomic E-state index is 0.178. The number of hydrogen-bond donors (Lipinski definition) is 2. The lowest BCUT2D eigenvalue weighted by Crippen LogP contribution is -2.11. The molecule has 4 rings (SSSR count). The maximum atomic E-state index is 12.5. The number of nitrogens with one attached hydrogen (secondary N) is 2. The van der Waals surface area contributed by atoms with Crippen molar-refractivity contribution in [2.75, 3.05) is 5.32 Å². The molecule has 5 nitrogen and oxygen atoms in total. The Hall–Kier alpha value is -2.73. The zero-order valence-corrected chi connectivity index (χ0v) is 12.6. The summed E-state index contributed by atoms with van der Waals surface area (Å²) in [5.74, 6) is -0.178. The van der Waals surface area contributed by atoms with Gasteiger partial charge in [-0.05, 0) is 36.8 Å². The number of aromatic amines is 1. The number of H-pyrrole nitrogens is 1. The third-order valence-electron chi connectivity index (χ3n) is 3.49. The van der Waals surface area contributed by atoms with E-state index in [0.717, 1.165) is 21.1 Å². The highest BCUT2D eigenvalue weighted by atomic mass is 32.1. The lowest BCUT2D eigenvalue weighted by molar-refractivity contribution is 0.102. The van der Waals surface area contributed by atoms with Gasteiger partial charge < -0.3 is 0 Å². The fraction of sp³-hybridized carbons (Fsp3) is 0.0625. The third kappa shape index (κ3) is 2.14. The smallest absolute Gasteiger partial charge is 0.258 e. The molecule has 108 valence electrons. The Bertz CT molecular complexity index is 1000. The van der Waals surface area contributed by atoms with E-state index in [-0.39, 0.29) is 5.91 Å². The van der Waals surface area contributed by atoms with Crippen LogP contribution in [-0.4, -0.2) is 21.1 Å². The molecule has 2 heterocycles. The Kier molecular flexibility index (Phi) is 2.90. The number of nitrogens with zero attached hydrogens (tertiary/aromatic N) is 2. The lowest BCUT2D eigenvalue weighted by atomic mass is 10.1. The highest BCUT2D eigenvalue weighted by Gasteiger charge is 2.13. The van der Waals surface area contributed by atoms with E-state index in [1.165, 1.54) is 16.9 Å². The fourth-order valence-corrected chi connectivity index (χ4v) is 3.38. The Morgan fingerprint density at radius 1 is 1.27 bits per heavy atom. The molecule has 2 N–H and O–H groups in total. The van der Waals surface area contributed by atoms with Crippen molar-refractivity contribution < 1.29 is 4.79 Å². The van der Waals surface area contributed by atoms with E-state index in [1.807, 2.05) is 31.2 Å². The highest BCUT2D eigenvalue weighted by Crippen LogP contribution is 2.27. The van der Waals surface area contributed by atoms with Crippen LogP contribution in [0.1, 0.15) is 15.9 Å². The maximum absolute atomic E-state index is 12.5. The van der Waals surface area contributed by atoms with Gasteiger partial charge in [-0.15, -0.1) is 0 Å². The van der Waals surface area contributed by atoms with Crippen molar-refractivity contribution in [3.63, 3.8) is 0 Å². The molecule has 4 aromatic rings. The van der Waals surface area contributed by atoms with Crippen molar-refractivity contribution in [3.05, 3.63) is 53.7 Å². The van der Waals surface area contributed by atoms with Gasteiger partial charge in [-0.25, -0.2) is 4.98 Å². The zero-order chi connectivity index (χ0) is 15.1. The maximum Gasteiger partial charge on any atom is 0.258 e. The summed E-state index contributed by atoms with van der Waals surface area (Å²) < 4.78 is 1.07. The number of hydrogen-bond acceptors (Lipinski definition) is 4. The number of anilines is 1. The number of rotatable bonds is 2. The molecule has 0 bridgehead atoms. The zero-order valence-electron chi connectivity index (χ0n) is 11.8. The molecule has 2 aromatic carbocycles. The van der Waals surface area contributed by atoms with Crippen LogP contribution in [0.5, 0.6) is 0 Å². The van der Waals surface area contributed by atoms with Gasteiger partial charge in [0.15, 0.2) is 5.13 Å². The fourth-order valence-electron chi connectivity index (χ4n) is 2.42. The molecule has 0 unspecified atom stereocenters. The van der Waals surface area contributed by atoms with Crippen molar-refractivity contribution in [3.8, 4) is 0 Å². The van der Waals surface area contributed by atoms with Crippen LogP contribution in [0.4, 0.5) is 5.13 Å². The number of thiazole rings is 1. The number of carbonyl (C=O) groups is 1. The molecule has 0 spiro atoms. The minimum atomic E-state index is -0.178. The second kappa shape index (κ2) is 4.92. The van der Waals surface area contributed by atoms with Gasteiger partial charge in [-0.2, -0.15) is 5.10 Å². The monoisotopic (exact) mass is 308 g/mol. The summed E-state index contributed by atoms with van der Waals surface area (Å²) in [5, 5.41) is 11.1. The predicted molar refractivity (Wildman–Crippen MR) is 88.4 cm³/mol. The van der Waals surface area contributed by atoms with E-state index in [2.05, 4.69) is 26.6 Å². The van der Waals surface area contributed by atoms with Gasteiger partial charge in [0, 0.05) is 5.39 Å². The number of aryl methyl sites for hydroxylation is 1.